The van der Waals surface area contributed by atoms with Crippen LogP contribution in [0.1, 0.15) is 64.5 Å². The average molecular weight is 670 g/mol. The first-order valence-electron chi connectivity index (χ1n) is 15.3. The minimum atomic E-state index is -4.41. The highest BCUT2D eigenvalue weighted by Crippen LogP contribution is 2.55. The molecule has 3 unspecified atom stereocenters. The molecule has 45 heavy (non-hydrogen) atoms. The van der Waals surface area contributed by atoms with Crippen LogP contribution < -0.4 is 9.64 Å². The van der Waals surface area contributed by atoms with Gasteiger partial charge in [-0.05, 0) is 73.1 Å². The fourth-order valence-electron chi connectivity index (χ4n) is 5.39. The molecule has 3 atom stereocenters. The molecule has 0 fully saturated rings. The molecular weight excluding hydrogens is 624 g/mol. The Bertz CT molecular complexity index is 1270. The van der Waals surface area contributed by atoms with Gasteiger partial charge in [-0.25, -0.2) is 4.79 Å². The maximum atomic E-state index is 13.4. The van der Waals surface area contributed by atoms with E-state index in [4.69, 9.17) is 14.2 Å². The van der Waals surface area contributed by atoms with Crippen LogP contribution in [0.5, 0.6) is 5.75 Å². The number of carbonyl (C=O) groups is 1. The van der Waals surface area contributed by atoms with Gasteiger partial charge in [0.25, 0.3) is 0 Å². The van der Waals surface area contributed by atoms with Gasteiger partial charge in [-0.2, -0.15) is 13.2 Å². The van der Waals surface area contributed by atoms with Gasteiger partial charge in [-0.1, -0.05) is 45.9 Å². The quantitative estimate of drug-likeness (QED) is 0.133. The van der Waals surface area contributed by atoms with Crippen molar-refractivity contribution in [2.24, 2.45) is 5.41 Å². The van der Waals surface area contributed by atoms with Gasteiger partial charge in [0.15, 0.2) is 0 Å². The number of ether oxygens (including phenoxy) is 3. The molecule has 0 bridgehead atoms. The van der Waals surface area contributed by atoms with Crippen LogP contribution in [-0.4, -0.2) is 66.2 Å². The predicted molar refractivity (Wildman–Crippen MR) is 178 cm³/mol. The summed E-state index contributed by atoms with van der Waals surface area (Å²) in [5.41, 5.74) is 0.713. The van der Waals surface area contributed by atoms with E-state index in [0.717, 1.165) is 18.2 Å². The molecule has 0 radical (unpaired) electrons. The third-order valence-corrected chi connectivity index (χ3v) is 11.2. The van der Waals surface area contributed by atoms with Crippen molar-refractivity contribution in [3.63, 3.8) is 0 Å². The molecule has 1 aliphatic carbocycles. The summed E-state index contributed by atoms with van der Waals surface area (Å²) in [6.07, 6.45) is -1.30. The minimum Gasteiger partial charge on any atom is -0.499 e. The largest absolute Gasteiger partial charge is 0.499 e. The summed E-state index contributed by atoms with van der Waals surface area (Å²) in [7, 11) is 1.60. The monoisotopic (exact) mass is 669 g/mol. The van der Waals surface area contributed by atoms with E-state index in [-0.39, 0.29) is 0 Å². The van der Waals surface area contributed by atoms with Crippen LogP contribution >= 0.6 is 23.5 Å². The predicted octanol–water partition coefficient (Wildman–Crippen LogP) is 8.72. The van der Waals surface area contributed by atoms with Crippen molar-refractivity contribution in [2.45, 2.75) is 69.7 Å². The van der Waals surface area contributed by atoms with Crippen LogP contribution in [0.25, 0.3) is 0 Å². The Kier molecular flexibility index (Phi) is 13.4. The van der Waals surface area contributed by atoms with Gasteiger partial charge >= 0.3 is 12.1 Å². The van der Waals surface area contributed by atoms with Crippen molar-refractivity contribution in [1.29, 1.82) is 0 Å². The summed E-state index contributed by atoms with van der Waals surface area (Å²) in [6, 6.07) is 13.6. The average Bonchev–Trinajstić information content (AvgIpc) is 3.00. The molecule has 2 aromatic carbocycles. The standard InChI is InChI=1S/C34H46F3NO5S2/c1-7-24(3)25-12-14-28(15-13-25)42-17-19-45-33(23-32(4,5)29(21-30(33)41-6)43-22-31(39)40)44-18-16-38(8-2)27-11-9-10-26(20-27)34(35,36)37/h9-15,20-21,24,29H,7-8,16-19,22-23H2,1-6H3,(H,39,40). The zero-order chi connectivity index (χ0) is 33.3. The number of anilines is 1. The molecule has 0 amide bonds. The Morgan fingerprint density at radius 1 is 1.11 bits per heavy atom. The molecular formula is C34H46F3NO5S2. The number of carboxylic acid groups (broad SMARTS) is 1. The number of benzene rings is 2. The lowest BCUT2D eigenvalue weighted by atomic mass is 9.77. The van der Waals surface area contributed by atoms with Gasteiger partial charge < -0.3 is 24.2 Å². The summed E-state index contributed by atoms with van der Waals surface area (Å²) in [5.74, 6) is 2.21. The number of nitrogens with zero attached hydrogens (tertiary/aromatic N) is 1. The summed E-state index contributed by atoms with van der Waals surface area (Å²) in [5, 5.41) is 9.21. The Hall–Kier alpha value is -2.50. The topological polar surface area (TPSA) is 68.2 Å². The Morgan fingerprint density at radius 2 is 1.80 bits per heavy atom. The highest BCUT2D eigenvalue weighted by Gasteiger charge is 2.49. The first-order chi connectivity index (χ1) is 21.2. The maximum absolute atomic E-state index is 13.4. The van der Waals surface area contributed by atoms with Crippen molar-refractivity contribution in [1.82, 2.24) is 0 Å². The molecule has 0 saturated carbocycles. The maximum Gasteiger partial charge on any atom is 0.416 e. The molecule has 1 N–H and O–H groups in total. The molecule has 0 aliphatic heterocycles. The van der Waals surface area contributed by atoms with Gasteiger partial charge in [0.05, 0.1) is 25.4 Å². The smallest absolute Gasteiger partial charge is 0.416 e. The lowest BCUT2D eigenvalue weighted by Crippen LogP contribution is -2.45. The van der Waals surface area contributed by atoms with Crippen molar-refractivity contribution in [2.75, 3.05) is 49.8 Å². The number of hydrogen-bond donors (Lipinski definition) is 1. The second-order valence-corrected chi connectivity index (χ2v) is 14.9. The van der Waals surface area contributed by atoms with Crippen LogP contribution in [0.15, 0.2) is 60.4 Å². The number of hydrogen-bond acceptors (Lipinski definition) is 7. The molecule has 6 nitrogen and oxygen atoms in total. The number of alkyl halides is 3. The molecule has 0 heterocycles. The summed E-state index contributed by atoms with van der Waals surface area (Å²) < 4.78 is 57.4. The molecule has 0 aromatic heterocycles. The van der Waals surface area contributed by atoms with Crippen LogP contribution in [0.3, 0.4) is 0 Å². The zero-order valence-corrected chi connectivity index (χ0v) is 28.6. The lowest BCUT2D eigenvalue weighted by molar-refractivity contribution is -0.146. The summed E-state index contributed by atoms with van der Waals surface area (Å²) in [4.78, 5) is 13.2. The van der Waals surface area contributed by atoms with Crippen LogP contribution in [0, 0.1) is 5.41 Å². The Labute approximate surface area is 274 Å². The molecule has 250 valence electrons. The molecule has 11 heteroatoms. The molecule has 3 rings (SSSR count). The van der Waals surface area contributed by atoms with E-state index in [0.29, 0.717) is 55.0 Å². The third kappa shape index (κ3) is 10.2. The molecule has 2 aromatic rings. The zero-order valence-electron chi connectivity index (χ0n) is 27.0. The molecule has 1 aliphatic rings. The third-order valence-electron chi connectivity index (χ3n) is 8.11. The highest BCUT2D eigenvalue weighted by atomic mass is 32.2. The first kappa shape index (κ1) is 37.0. The van der Waals surface area contributed by atoms with Crippen LogP contribution in [0.2, 0.25) is 0 Å². The molecule has 0 saturated heterocycles. The van der Waals surface area contributed by atoms with Crippen LogP contribution in [0.4, 0.5) is 18.9 Å². The fourth-order valence-corrected chi connectivity index (χ4v) is 8.89. The van der Waals surface area contributed by atoms with E-state index in [1.165, 1.54) is 17.7 Å². The summed E-state index contributed by atoms with van der Waals surface area (Å²) in [6.45, 7) is 11.5. The van der Waals surface area contributed by atoms with Crippen molar-refractivity contribution < 1.29 is 37.3 Å². The number of aliphatic carboxylic acids is 1. The van der Waals surface area contributed by atoms with Crippen molar-refractivity contribution in [3.05, 3.63) is 71.5 Å². The van der Waals surface area contributed by atoms with Gasteiger partial charge in [0.1, 0.15) is 22.2 Å². The van der Waals surface area contributed by atoms with E-state index < -0.39 is 39.9 Å². The highest BCUT2D eigenvalue weighted by molar-refractivity contribution is 8.18. The van der Waals surface area contributed by atoms with Gasteiger partial charge in [0.2, 0.25) is 0 Å². The van der Waals surface area contributed by atoms with Gasteiger partial charge in [0, 0.05) is 30.3 Å². The van der Waals surface area contributed by atoms with E-state index >= 15 is 0 Å². The lowest BCUT2D eigenvalue weighted by Gasteiger charge is -2.47. The number of thioether (sulfide) groups is 2. The number of methoxy groups -OCH3 is 1. The van der Waals surface area contributed by atoms with E-state index in [2.05, 4.69) is 39.8 Å². The van der Waals surface area contributed by atoms with E-state index in [9.17, 15) is 23.1 Å². The number of halogens is 3. The van der Waals surface area contributed by atoms with Gasteiger partial charge in [-0.15, -0.1) is 23.5 Å². The van der Waals surface area contributed by atoms with Crippen LogP contribution in [-0.2, 0) is 20.4 Å². The van der Waals surface area contributed by atoms with E-state index in [1.807, 2.05) is 30.0 Å². The van der Waals surface area contributed by atoms with Gasteiger partial charge in [-0.3, -0.25) is 0 Å². The van der Waals surface area contributed by atoms with Crippen molar-refractivity contribution >= 4 is 35.2 Å². The number of carboxylic acids is 1. The first-order valence-corrected chi connectivity index (χ1v) is 17.2. The Balaban J connectivity index is 1.78. The Morgan fingerprint density at radius 3 is 2.40 bits per heavy atom. The second kappa shape index (κ2) is 16.4. The van der Waals surface area contributed by atoms with E-state index in [1.54, 1.807) is 36.7 Å². The van der Waals surface area contributed by atoms with Crippen molar-refractivity contribution in [3.8, 4) is 5.75 Å². The molecule has 0 spiro atoms. The SMILES string of the molecule is CCC(C)c1ccc(OCCSC2(SCCN(CC)c3cccc(C(F)(F)F)c3)CC(C)(C)C(OCC(=O)O)C=C2OC)cc1. The second-order valence-electron chi connectivity index (χ2n) is 11.8. The minimum absolute atomic E-state index is 0.416. The summed E-state index contributed by atoms with van der Waals surface area (Å²) >= 11 is 3.39. The fraction of sp³-hybridized carbons (Fsp3) is 0.559. The normalized spacial score (nSPS) is 20.3. The number of rotatable bonds is 17.